The van der Waals surface area contributed by atoms with E-state index in [2.05, 4.69) is 49.9 Å². The number of nitrogens with zero attached hydrogens (tertiary/aromatic N) is 4. The molecule has 0 bridgehead atoms. The van der Waals surface area contributed by atoms with E-state index in [4.69, 9.17) is 0 Å². The smallest absolute Gasteiger partial charge is 0.140 e. The van der Waals surface area contributed by atoms with Crippen molar-refractivity contribution in [1.82, 2.24) is 24.7 Å². The molecule has 0 aliphatic rings. The second kappa shape index (κ2) is 5.11. The molecular weight excluding hydrogens is 274 g/mol. The molecule has 0 amide bonds. The lowest BCUT2D eigenvalue weighted by Gasteiger charge is -2.09. The molecule has 0 saturated carbocycles. The molecule has 0 radical (unpaired) electrons. The maximum absolute atomic E-state index is 4.53. The van der Waals surface area contributed by atoms with E-state index in [-0.39, 0.29) is 0 Å². The number of H-pyrrole nitrogens is 1. The van der Waals surface area contributed by atoms with Gasteiger partial charge >= 0.3 is 0 Å². The number of imidazole rings is 1. The zero-order valence-corrected chi connectivity index (χ0v) is 12.2. The minimum atomic E-state index is 0.756. The summed E-state index contributed by atoms with van der Waals surface area (Å²) in [6.07, 6.45) is 9.35. The molecule has 0 unspecified atom stereocenters. The Kier molecular flexibility index (Phi) is 2.96. The quantitative estimate of drug-likeness (QED) is 0.630. The maximum atomic E-state index is 4.53. The number of benzene rings is 1. The van der Waals surface area contributed by atoms with Gasteiger partial charge in [-0.2, -0.15) is 5.10 Å². The van der Waals surface area contributed by atoms with Crippen LogP contribution in [-0.4, -0.2) is 24.7 Å². The first-order valence-corrected chi connectivity index (χ1v) is 7.15. The fraction of sp³-hybridized carbons (Fsp3) is 0.118. The average Bonchev–Trinajstić information content (AvgIpc) is 3.17. The minimum absolute atomic E-state index is 0.756. The molecule has 3 aromatic heterocycles. The Morgan fingerprint density at radius 1 is 1.18 bits per heavy atom. The van der Waals surface area contributed by atoms with Gasteiger partial charge in [-0.3, -0.25) is 10.1 Å². The normalized spacial score (nSPS) is 11.1. The predicted octanol–water partition coefficient (Wildman–Crippen LogP) is 3.18. The van der Waals surface area contributed by atoms with Crippen LogP contribution in [0.1, 0.15) is 11.1 Å². The summed E-state index contributed by atoms with van der Waals surface area (Å²) in [5.41, 5.74) is 4.50. The van der Waals surface area contributed by atoms with Crippen LogP contribution >= 0.6 is 0 Å². The Morgan fingerprint density at radius 3 is 3.00 bits per heavy atom. The van der Waals surface area contributed by atoms with Crippen LogP contribution in [0.2, 0.25) is 0 Å². The van der Waals surface area contributed by atoms with E-state index in [1.54, 1.807) is 6.20 Å². The average molecular weight is 289 g/mol. The largest absolute Gasteiger partial charge is 0.327 e. The molecule has 1 N–H and O–H groups in total. The van der Waals surface area contributed by atoms with Crippen molar-refractivity contribution in [2.45, 2.75) is 13.5 Å². The van der Waals surface area contributed by atoms with Gasteiger partial charge in [0.05, 0.1) is 18.3 Å². The van der Waals surface area contributed by atoms with Crippen LogP contribution in [0.25, 0.3) is 22.3 Å². The number of pyridine rings is 1. The van der Waals surface area contributed by atoms with Crippen LogP contribution < -0.4 is 0 Å². The number of aromatic nitrogens is 5. The molecule has 3 heterocycles. The summed E-state index contributed by atoms with van der Waals surface area (Å²) in [4.78, 5) is 8.70. The van der Waals surface area contributed by atoms with Gasteiger partial charge in [0.2, 0.25) is 0 Å². The van der Waals surface area contributed by atoms with Crippen molar-refractivity contribution in [1.29, 1.82) is 0 Å². The summed E-state index contributed by atoms with van der Waals surface area (Å²) < 4.78 is 2.14. The first kappa shape index (κ1) is 12.8. The van der Waals surface area contributed by atoms with Gasteiger partial charge < -0.3 is 4.57 Å². The van der Waals surface area contributed by atoms with Crippen LogP contribution in [0.15, 0.2) is 55.2 Å². The standard InChI is InChI=1S/C17H15N5/c1-12-7-14(8-15-10-20-21-16(12)15)17-19-5-6-22(17)11-13-3-2-4-18-9-13/h2-10H,11H2,1H3,(H,20,21). The first-order chi connectivity index (χ1) is 10.8. The second-order valence-corrected chi connectivity index (χ2v) is 5.37. The van der Waals surface area contributed by atoms with Crippen LogP contribution in [-0.2, 0) is 6.54 Å². The first-order valence-electron chi connectivity index (χ1n) is 7.15. The lowest BCUT2D eigenvalue weighted by atomic mass is 10.1. The van der Waals surface area contributed by atoms with E-state index in [1.807, 2.05) is 30.9 Å². The van der Waals surface area contributed by atoms with Crippen molar-refractivity contribution >= 4 is 10.9 Å². The van der Waals surface area contributed by atoms with Gasteiger partial charge in [-0.25, -0.2) is 4.98 Å². The highest BCUT2D eigenvalue weighted by Crippen LogP contribution is 2.25. The summed E-state index contributed by atoms with van der Waals surface area (Å²) in [6, 6.07) is 8.28. The third-order valence-corrected chi connectivity index (χ3v) is 3.80. The molecule has 108 valence electrons. The van der Waals surface area contributed by atoms with Crippen LogP contribution in [0.4, 0.5) is 0 Å². The van der Waals surface area contributed by atoms with Gasteiger partial charge in [-0.1, -0.05) is 6.07 Å². The maximum Gasteiger partial charge on any atom is 0.140 e. The van der Waals surface area contributed by atoms with Gasteiger partial charge in [0, 0.05) is 35.7 Å². The molecule has 4 aromatic rings. The second-order valence-electron chi connectivity index (χ2n) is 5.37. The number of aryl methyl sites for hydroxylation is 1. The molecule has 5 heteroatoms. The summed E-state index contributed by atoms with van der Waals surface area (Å²) in [5.74, 6) is 0.954. The molecule has 5 nitrogen and oxygen atoms in total. The number of nitrogens with one attached hydrogen (secondary N) is 1. The van der Waals surface area contributed by atoms with Crippen molar-refractivity contribution in [2.75, 3.05) is 0 Å². The van der Waals surface area contributed by atoms with Gasteiger partial charge in [-0.05, 0) is 36.2 Å². The summed E-state index contributed by atoms with van der Waals surface area (Å²) in [5, 5.41) is 8.25. The van der Waals surface area contributed by atoms with Crippen molar-refractivity contribution < 1.29 is 0 Å². The van der Waals surface area contributed by atoms with Crippen molar-refractivity contribution in [3.8, 4) is 11.4 Å². The molecule has 4 rings (SSSR count). The highest BCUT2D eigenvalue weighted by atomic mass is 15.1. The molecule has 22 heavy (non-hydrogen) atoms. The molecule has 0 aliphatic heterocycles. The van der Waals surface area contributed by atoms with E-state index >= 15 is 0 Å². The molecule has 0 atom stereocenters. The van der Waals surface area contributed by atoms with E-state index in [1.165, 1.54) is 5.56 Å². The molecule has 0 spiro atoms. The van der Waals surface area contributed by atoms with Gasteiger partial charge in [-0.15, -0.1) is 0 Å². The summed E-state index contributed by atoms with van der Waals surface area (Å²) >= 11 is 0. The molecule has 0 aliphatic carbocycles. The number of fused-ring (bicyclic) bond motifs is 1. The van der Waals surface area contributed by atoms with Gasteiger partial charge in [0.15, 0.2) is 0 Å². The Labute approximate surface area is 127 Å². The molecule has 0 fully saturated rings. The number of rotatable bonds is 3. The topological polar surface area (TPSA) is 59.4 Å². The number of aromatic amines is 1. The van der Waals surface area contributed by atoms with Gasteiger partial charge in [0.25, 0.3) is 0 Å². The summed E-state index contributed by atoms with van der Waals surface area (Å²) in [7, 11) is 0. The predicted molar refractivity (Wildman–Crippen MR) is 85.4 cm³/mol. The van der Waals surface area contributed by atoms with Crippen molar-refractivity contribution in [3.05, 3.63) is 66.4 Å². The van der Waals surface area contributed by atoms with Crippen LogP contribution in [0, 0.1) is 6.92 Å². The van der Waals surface area contributed by atoms with E-state index in [0.29, 0.717) is 0 Å². The summed E-state index contributed by atoms with van der Waals surface area (Å²) in [6.45, 7) is 2.84. The molecular formula is C17H15N5. The van der Waals surface area contributed by atoms with E-state index < -0.39 is 0 Å². The fourth-order valence-electron chi connectivity index (χ4n) is 2.75. The lowest BCUT2D eigenvalue weighted by Crippen LogP contribution is -2.01. The van der Waals surface area contributed by atoms with Crippen molar-refractivity contribution in [2.24, 2.45) is 0 Å². The third-order valence-electron chi connectivity index (χ3n) is 3.80. The Morgan fingerprint density at radius 2 is 2.14 bits per heavy atom. The Balaban J connectivity index is 1.77. The minimum Gasteiger partial charge on any atom is -0.327 e. The number of hydrogen-bond donors (Lipinski definition) is 1. The lowest BCUT2D eigenvalue weighted by molar-refractivity contribution is 0.803. The zero-order chi connectivity index (χ0) is 14.9. The Hall–Kier alpha value is -2.95. The van der Waals surface area contributed by atoms with Gasteiger partial charge in [0.1, 0.15) is 5.82 Å². The molecule has 0 saturated heterocycles. The number of hydrogen-bond acceptors (Lipinski definition) is 3. The fourth-order valence-corrected chi connectivity index (χ4v) is 2.75. The highest BCUT2D eigenvalue weighted by Gasteiger charge is 2.10. The van der Waals surface area contributed by atoms with E-state index in [0.717, 1.165) is 34.4 Å². The van der Waals surface area contributed by atoms with E-state index in [9.17, 15) is 0 Å². The molecule has 1 aromatic carbocycles. The monoisotopic (exact) mass is 289 g/mol. The van der Waals surface area contributed by atoms with Crippen LogP contribution in [0.3, 0.4) is 0 Å². The highest BCUT2D eigenvalue weighted by molar-refractivity contribution is 5.85. The SMILES string of the molecule is Cc1cc(-c2nccn2Cc2cccnc2)cc2cn[nH]c12. The Bertz CT molecular complexity index is 921. The van der Waals surface area contributed by atoms with Crippen molar-refractivity contribution in [3.63, 3.8) is 0 Å². The van der Waals surface area contributed by atoms with Crippen LogP contribution in [0.5, 0.6) is 0 Å². The third kappa shape index (κ3) is 2.16. The zero-order valence-electron chi connectivity index (χ0n) is 12.2.